The van der Waals surface area contributed by atoms with E-state index in [0.29, 0.717) is 17.9 Å². The quantitative estimate of drug-likeness (QED) is 0.784. The summed E-state index contributed by atoms with van der Waals surface area (Å²) >= 11 is 0. The van der Waals surface area contributed by atoms with Gasteiger partial charge in [0.25, 0.3) is 5.91 Å². The fourth-order valence-corrected chi connectivity index (χ4v) is 3.09. The van der Waals surface area contributed by atoms with Gasteiger partial charge >= 0.3 is 0 Å². The zero-order valence-electron chi connectivity index (χ0n) is 14.6. The van der Waals surface area contributed by atoms with Crippen molar-refractivity contribution in [1.82, 2.24) is 30.0 Å². The minimum atomic E-state index is -0.104. The Morgan fingerprint density at radius 2 is 2.16 bits per heavy atom. The van der Waals surface area contributed by atoms with Gasteiger partial charge in [-0.1, -0.05) is 0 Å². The van der Waals surface area contributed by atoms with Gasteiger partial charge in [-0.3, -0.25) is 9.69 Å². The normalized spacial score (nSPS) is 21.2. The lowest BCUT2D eigenvalue weighted by molar-refractivity contribution is -0.0679. The molecule has 134 valence electrons. The molecule has 8 nitrogen and oxygen atoms in total. The summed E-state index contributed by atoms with van der Waals surface area (Å²) in [6.45, 7) is 7.69. The molecule has 8 heteroatoms. The van der Waals surface area contributed by atoms with Crippen LogP contribution < -0.4 is 5.32 Å². The molecule has 0 radical (unpaired) electrons. The third-order valence-electron chi connectivity index (χ3n) is 4.09. The average Bonchev–Trinajstić information content (AvgIpc) is 3.12. The molecule has 1 fully saturated rings. The largest absolute Gasteiger partial charge is 0.373 e. The van der Waals surface area contributed by atoms with E-state index < -0.39 is 0 Å². The number of carbonyl (C=O) groups is 1. The molecule has 1 aliphatic heterocycles. The number of nitrogens with zero attached hydrogens (tertiary/aromatic N) is 5. The molecule has 1 amide bonds. The van der Waals surface area contributed by atoms with Crippen LogP contribution in [0.15, 0.2) is 31.0 Å². The van der Waals surface area contributed by atoms with Crippen LogP contribution in [0, 0.1) is 0 Å². The molecule has 1 N–H and O–H groups in total. The number of rotatable bonds is 6. The van der Waals surface area contributed by atoms with Crippen molar-refractivity contribution in [3.8, 4) is 5.82 Å². The molecule has 0 bridgehead atoms. The van der Waals surface area contributed by atoms with Crippen LogP contribution in [0.1, 0.15) is 30.6 Å². The Morgan fingerprint density at radius 1 is 1.36 bits per heavy atom. The first kappa shape index (κ1) is 17.5. The lowest BCUT2D eigenvalue weighted by atomic mass is 10.2. The van der Waals surface area contributed by atoms with Crippen molar-refractivity contribution in [3.63, 3.8) is 0 Å². The second-order valence-corrected chi connectivity index (χ2v) is 6.37. The van der Waals surface area contributed by atoms with E-state index in [4.69, 9.17) is 4.74 Å². The molecular weight excluding hydrogens is 320 g/mol. The Kier molecular flexibility index (Phi) is 5.72. The van der Waals surface area contributed by atoms with E-state index in [2.05, 4.69) is 39.1 Å². The Balaban J connectivity index is 1.46. The number of amides is 1. The van der Waals surface area contributed by atoms with Crippen molar-refractivity contribution in [2.75, 3.05) is 26.2 Å². The van der Waals surface area contributed by atoms with Crippen molar-refractivity contribution in [2.24, 2.45) is 0 Å². The van der Waals surface area contributed by atoms with E-state index in [1.165, 1.54) is 11.0 Å². The van der Waals surface area contributed by atoms with Crippen LogP contribution in [0.5, 0.6) is 0 Å². The van der Waals surface area contributed by atoms with Crippen molar-refractivity contribution in [1.29, 1.82) is 0 Å². The molecular formula is C17H24N6O2. The average molecular weight is 344 g/mol. The lowest BCUT2D eigenvalue weighted by Crippen LogP contribution is -2.46. The summed E-state index contributed by atoms with van der Waals surface area (Å²) in [6.07, 6.45) is 6.03. The second-order valence-electron chi connectivity index (χ2n) is 6.37. The summed E-state index contributed by atoms with van der Waals surface area (Å²) in [6, 6.07) is 3.40. The second kappa shape index (κ2) is 8.17. The highest BCUT2D eigenvalue weighted by Crippen LogP contribution is 2.10. The number of hydrogen-bond donors (Lipinski definition) is 1. The van der Waals surface area contributed by atoms with Gasteiger partial charge in [-0.15, -0.1) is 0 Å². The maximum atomic E-state index is 12.3. The van der Waals surface area contributed by atoms with Gasteiger partial charge < -0.3 is 10.1 Å². The lowest BCUT2D eigenvalue weighted by Gasteiger charge is -2.35. The Bertz CT molecular complexity index is 680. The Labute approximate surface area is 147 Å². The van der Waals surface area contributed by atoms with E-state index >= 15 is 0 Å². The molecule has 0 saturated carbocycles. The molecule has 2 atom stereocenters. The summed E-state index contributed by atoms with van der Waals surface area (Å²) in [7, 11) is 0. The van der Waals surface area contributed by atoms with Crippen LogP contribution in [0.3, 0.4) is 0 Å². The number of aromatic nitrogens is 4. The van der Waals surface area contributed by atoms with Crippen LogP contribution in [0.4, 0.5) is 0 Å². The first-order valence-electron chi connectivity index (χ1n) is 8.59. The highest BCUT2D eigenvalue weighted by atomic mass is 16.5. The molecule has 3 heterocycles. The number of pyridine rings is 1. The molecule has 25 heavy (non-hydrogen) atoms. The predicted octanol–water partition coefficient (Wildman–Crippen LogP) is 0.891. The summed E-state index contributed by atoms with van der Waals surface area (Å²) in [4.78, 5) is 22.8. The monoisotopic (exact) mass is 344 g/mol. The molecule has 0 unspecified atom stereocenters. The first-order chi connectivity index (χ1) is 12.1. The van der Waals surface area contributed by atoms with Gasteiger partial charge in [0.15, 0.2) is 5.82 Å². The number of ether oxygens (including phenoxy) is 1. The third kappa shape index (κ3) is 4.83. The van der Waals surface area contributed by atoms with Gasteiger partial charge in [-0.05, 0) is 32.4 Å². The molecule has 1 saturated heterocycles. The topological polar surface area (TPSA) is 85.2 Å². The van der Waals surface area contributed by atoms with Gasteiger partial charge in [-0.25, -0.2) is 14.6 Å². The van der Waals surface area contributed by atoms with Crippen molar-refractivity contribution >= 4 is 5.91 Å². The van der Waals surface area contributed by atoms with Gasteiger partial charge in [0, 0.05) is 37.9 Å². The summed E-state index contributed by atoms with van der Waals surface area (Å²) in [5, 5.41) is 6.99. The molecule has 0 aliphatic carbocycles. The fraction of sp³-hybridized carbons (Fsp3) is 0.529. The van der Waals surface area contributed by atoms with Gasteiger partial charge in [-0.2, -0.15) is 5.10 Å². The van der Waals surface area contributed by atoms with Crippen LogP contribution in [-0.4, -0.2) is 68.9 Å². The molecule has 0 spiro atoms. The van der Waals surface area contributed by atoms with Crippen LogP contribution in [0.25, 0.3) is 5.82 Å². The van der Waals surface area contributed by atoms with Crippen LogP contribution >= 0.6 is 0 Å². The summed E-state index contributed by atoms with van der Waals surface area (Å²) in [5.41, 5.74) is 0.564. The fourth-order valence-electron chi connectivity index (χ4n) is 3.09. The minimum Gasteiger partial charge on any atom is -0.373 e. The first-order valence-corrected chi connectivity index (χ1v) is 8.59. The summed E-state index contributed by atoms with van der Waals surface area (Å²) < 4.78 is 7.26. The molecule has 0 aromatic carbocycles. The SMILES string of the molecule is C[C@H]1CN(CCCNC(=O)c2ccnc(-n3cncn3)c2)C[C@H](C)O1. The van der Waals surface area contributed by atoms with Gasteiger partial charge in [0.2, 0.25) is 0 Å². The highest BCUT2D eigenvalue weighted by molar-refractivity contribution is 5.94. The smallest absolute Gasteiger partial charge is 0.251 e. The number of carbonyl (C=O) groups excluding carboxylic acids is 1. The summed E-state index contributed by atoms with van der Waals surface area (Å²) in [5.74, 6) is 0.467. The number of morpholine rings is 1. The molecule has 3 rings (SSSR count). The van der Waals surface area contributed by atoms with Gasteiger partial charge in [0.05, 0.1) is 12.2 Å². The molecule has 1 aliphatic rings. The van der Waals surface area contributed by atoms with Gasteiger partial charge in [0.1, 0.15) is 12.7 Å². The zero-order chi connectivity index (χ0) is 17.6. The Morgan fingerprint density at radius 3 is 2.88 bits per heavy atom. The standard InChI is InChI=1S/C17H24N6O2/c1-13-9-22(10-14(2)25-13)7-3-5-20-17(24)15-4-6-19-16(8-15)23-12-18-11-21-23/h4,6,8,11-14H,3,5,7,9-10H2,1-2H3,(H,20,24)/t13-,14-/m0/s1. The Hall–Kier alpha value is -2.32. The van der Waals surface area contributed by atoms with Crippen molar-refractivity contribution < 1.29 is 9.53 Å². The number of hydrogen-bond acceptors (Lipinski definition) is 6. The highest BCUT2D eigenvalue weighted by Gasteiger charge is 2.21. The molecule has 2 aromatic rings. The van der Waals surface area contributed by atoms with Crippen LogP contribution in [-0.2, 0) is 4.74 Å². The van der Waals surface area contributed by atoms with E-state index in [0.717, 1.165) is 26.1 Å². The van der Waals surface area contributed by atoms with Crippen LogP contribution in [0.2, 0.25) is 0 Å². The maximum absolute atomic E-state index is 12.3. The van der Waals surface area contributed by atoms with E-state index in [-0.39, 0.29) is 18.1 Å². The third-order valence-corrected chi connectivity index (χ3v) is 4.09. The molecule has 2 aromatic heterocycles. The van der Waals surface area contributed by atoms with Crippen molar-refractivity contribution in [2.45, 2.75) is 32.5 Å². The van der Waals surface area contributed by atoms with E-state index in [9.17, 15) is 4.79 Å². The maximum Gasteiger partial charge on any atom is 0.251 e. The zero-order valence-corrected chi connectivity index (χ0v) is 14.6. The predicted molar refractivity (Wildman–Crippen MR) is 92.6 cm³/mol. The number of nitrogens with one attached hydrogen (secondary N) is 1. The minimum absolute atomic E-state index is 0.104. The van der Waals surface area contributed by atoms with Crippen molar-refractivity contribution in [3.05, 3.63) is 36.5 Å². The van der Waals surface area contributed by atoms with E-state index in [1.54, 1.807) is 24.7 Å². The van der Waals surface area contributed by atoms with E-state index in [1.807, 2.05) is 0 Å².